The number of halogens is 2. The van der Waals surface area contributed by atoms with Crippen molar-refractivity contribution in [3.05, 3.63) is 88.1 Å². The summed E-state index contributed by atoms with van der Waals surface area (Å²) in [6.45, 7) is 0.433. The van der Waals surface area contributed by atoms with Gasteiger partial charge in [-0.25, -0.2) is 19.3 Å². The number of carbonyl (C=O) groups is 1. The van der Waals surface area contributed by atoms with Gasteiger partial charge < -0.3 is 10.6 Å². The summed E-state index contributed by atoms with van der Waals surface area (Å²) in [5.74, 6) is 0.0618. The normalized spacial score (nSPS) is 12.3. The van der Waals surface area contributed by atoms with Crippen LogP contribution in [0.5, 0.6) is 0 Å². The van der Waals surface area contributed by atoms with Crippen molar-refractivity contribution in [2.45, 2.75) is 0 Å². The zero-order valence-corrected chi connectivity index (χ0v) is 16.1. The van der Waals surface area contributed by atoms with Crippen LogP contribution in [0, 0.1) is 5.82 Å². The van der Waals surface area contributed by atoms with Crippen LogP contribution in [0.2, 0.25) is 5.02 Å². The van der Waals surface area contributed by atoms with Crippen LogP contribution in [-0.2, 0) is 0 Å². The van der Waals surface area contributed by atoms with Gasteiger partial charge in [-0.15, -0.1) is 0 Å². The van der Waals surface area contributed by atoms with E-state index in [1.54, 1.807) is 24.3 Å². The number of anilines is 1. The molecule has 0 radical (unpaired) electrons. The Hall–Kier alpha value is -3.85. The summed E-state index contributed by atoms with van der Waals surface area (Å²) in [5, 5.41) is 6.18. The molecular weight excluding hydrogens is 411 g/mol. The van der Waals surface area contributed by atoms with Crippen LogP contribution in [0.1, 0.15) is 10.4 Å². The molecule has 0 fully saturated rings. The fraction of sp³-hybridized carbons (Fsp3) is 0.0500. The van der Waals surface area contributed by atoms with Gasteiger partial charge >= 0.3 is 0 Å². The van der Waals surface area contributed by atoms with E-state index in [-0.39, 0.29) is 11.5 Å². The summed E-state index contributed by atoms with van der Waals surface area (Å²) in [7, 11) is 0. The Kier molecular flexibility index (Phi) is 5.36. The van der Waals surface area contributed by atoms with Gasteiger partial charge in [0.15, 0.2) is 0 Å². The molecule has 0 unspecified atom stereocenters. The molecule has 150 valence electrons. The van der Waals surface area contributed by atoms with Crippen molar-refractivity contribution in [3.8, 4) is 5.69 Å². The molecule has 0 bridgehead atoms. The molecule has 0 saturated carbocycles. The molecule has 0 saturated heterocycles. The van der Waals surface area contributed by atoms with Gasteiger partial charge in [0.1, 0.15) is 29.9 Å². The molecule has 4 aromatic rings. The molecule has 0 atom stereocenters. The second kappa shape index (κ2) is 8.26. The summed E-state index contributed by atoms with van der Waals surface area (Å²) in [4.78, 5) is 35.2. The number of nitrogens with one attached hydrogen (secondary N) is 2. The fourth-order valence-electron chi connectivity index (χ4n) is 2.87. The van der Waals surface area contributed by atoms with E-state index in [1.165, 1.54) is 41.6 Å². The molecule has 3 heterocycles. The van der Waals surface area contributed by atoms with E-state index in [0.717, 1.165) is 0 Å². The first-order chi connectivity index (χ1) is 14.5. The van der Waals surface area contributed by atoms with E-state index in [2.05, 4.69) is 25.6 Å². The van der Waals surface area contributed by atoms with Crippen LogP contribution < -0.4 is 16.2 Å². The van der Waals surface area contributed by atoms with Gasteiger partial charge in [-0.1, -0.05) is 23.7 Å². The fourth-order valence-corrected chi connectivity index (χ4v) is 3.13. The average molecular weight is 425 g/mol. The van der Waals surface area contributed by atoms with Crippen molar-refractivity contribution in [3.63, 3.8) is 0 Å². The number of hydrogen-bond donors (Lipinski definition) is 2. The number of aromatic nitrogens is 4. The van der Waals surface area contributed by atoms with E-state index >= 15 is 0 Å². The maximum Gasteiger partial charge on any atom is 0.267 e. The highest BCUT2D eigenvalue weighted by molar-refractivity contribution is 6.35. The van der Waals surface area contributed by atoms with E-state index in [1.807, 2.05) is 0 Å². The standard InChI is InChI=1S/C14H8ClFN2O.C6H6N4O/c15-11-5-2-6-12-13(11)14(19)18(8-17-12)10-4-1-3-9(16)7-10;11-6-4-1-7-2-8-5(4)9-3-10-6/h1-8H;1-2H,3H2,(H,10,11)(H,7,8,9). The molecule has 10 heteroatoms. The molecule has 2 aromatic carbocycles. The van der Waals surface area contributed by atoms with Gasteiger partial charge in [-0.2, -0.15) is 0 Å². The Balaban J connectivity index is 0.000000168. The summed E-state index contributed by atoms with van der Waals surface area (Å²) in [6, 6.07) is 10.8. The lowest BCUT2D eigenvalue weighted by atomic mass is 10.2. The highest BCUT2D eigenvalue weighted by atomic mass is 35.5. The number of rotatable bonds is 1. The topological polar surface area (TPSA) is 102 Å². The molecule has 30 heavy (non-hydrogen) atoms. The van der Waals surface area contributed by atoms with E-state index < -0.39 is 5.82 Å². The molecule has 0 aliphatic carbocycles. The third kappa shape index (κ3) is 3.83. The van der Waals surface area contributed by atoms with Crippen LogP contribution >= 0.6 is 11.6 Å². The van der Waals surface area contributed by atoms with Gasteiger partial charge in [0.25, 0.3) is 11.5 Å². The number of hydrogen-bond acceptors (Lipinski definition) is 6. The molecule has 8 nitrogen and oxygen atoms in total. The Morgan fingerprint density at radius 2 is 1.90 bits per heavy atom. The smallest absolute Gasteiger partial charge is 0.267 e. The molecule has 1 aliphatic heterocycles. The van der Waals surface area contributed by atoms with Crippen molar-refractivity contribution < 1.29 is 9.18 Å². The maximum atomic E-state index is 13.2. The molecule has 2 N–H and O–H groups in total. The monoisotopic (exact) mass is 424 g/mol. The van der Waals surface area contributed by atoms with Crippen LogP contribution in [0.25, 0.3) is 16.6 Å². The second-order valence-corrected chi connectivity index (χ2v) is 6.59. The molecule has 5 rings (SSSR count). The lowest BCUT2D eigenvalue weighted by Gasteiger charge is -2.15. The SMILES string of the molecule is O=C1NCNc2ncncc21.O=c1c2c(Cl)cccc2ncn1-c1cccc(F)c1. The number of fused-ring (bicyclic) bond motifs is 2. The second-order valence-electron chi connectivity index (χ2n) is 6.18. The van der Waals surface area contributed by atoms with Gasteiger partial charge in [0.05, 0.1) is 28.3 Å². The van der Waals surface area contributed by atoms with Crippen LogP contribution in [0.15, 0.2) is 66.1 Å². The van der Waals surface area contributed by atoms with Gasteiger partial charge in [0, 0.05) is 6.20 Å². The minimum Gasteiger partial charge on any atom is -0.352 e. The zero-order valence-electron chi connectivity index (χ0n) is 15.3. The highest BCUT2D eigenvalue weighted by Crippen LogP contribution is 2.18. The molecule has 1 amide bonds. The summed E-state index contributed by atoms with van der Waals surface area (Å²) in [5.41, 5.74) is 1.12. The Morgan fingerprint density at radius 3 is 2.70 bits per heavy atom. The predicted octanol–water partition coefficient (Wildman–Crippen LogP) is 2.77. The van der Waals surface area contributed by atoms with Crippen molar-refractivity contribution in [1.82, 2.24) is 24.8 Å². The molecule has 2 aromatic heterocycles. The predicted molar refractivity (Wildman–Crippen MR) is 110 cm³/mol. The average Bonchev–Trinajstić information content (AvgIpc) is 2.75. The number of nitrogens with zero attached hydrogens (tertiary/aromatic N) is 4. The quantitative estimate of drug-likeness (QED) is 0.487. The number of amides is 1. The maximum absolute atomic E-state index is 13.2. The van der Waals surface area contributed by atoms with Crippen molar-refractivity contribution in [2.75, 3.05) is 12.0 Å². The third-order valence-corrected chi connectivity index (χ3v) is 4.60. The summed E-state index contributed by atoms with van der Waals surface area (Å²) in [6.07, 6.45) is 4.27. The minimum absolute atomic E-state index is 0.126. The molecule has 1 aliphatic rings. The van der Waals surface area contributed by atoms with Crippen molar-refractivity contribution in [2.24, 2.45) is 0 Å². The van der Waals surface area contributed by atoms with Crippen LogP contribution in [0.3, 0.4) is 0 Å². The molecule has 0 spiro atoms. The van der Waals surface area contributed by atoms with E-state index in [0.29, 0.717) is 39.7 Å². The van der Waals surface area contributed by atoms with Crippen molar-refractivity contribution in [1.29, 1.82) is 0 Å². The minimum atomic E-state index is -0.413. The first-order valence-corrected chi connectivity index (χ1v) is 9.16. The van der Waals surface area contributed by atoms with Gasteiger partial charge in [-0.3, -0.25) is 14.2 Å². The number of carbonyl (C=O) groups excluding carboxylic acids is 1. The first-order valence-electron chi connectivity index (χ1n) is 8.78. The van der Waals surface area contributed by atoms with E-state index in [4.69, 9.17) is 11.6 Å². The lowest BCUT2D eigenvalue weighted by Crippen LogP contribution is -2.35. The van der Waals surface area contributed by atoms with Crippen LogP contribution in [-0.4, -0.2) is 32.1 Å². The summed E-state index contributed by atoms with van der Waals surface area (Å²) < 4.78 is 14.5. The van der Waals surface area contributed by atoms with Crippen LogP contribution in [0.4, 0.5) is 10.2 Å². The van der Waals surface area contributed by atoms with Gasteiger partial charge in [0.2, 0.25) is 0 Å². The third-order valence-electron chi connectivity index (χ3n) is 4.28. The Bertz CT molecular complexity index is 1310. The largest absolute Gasteiger partial charge is 0.352 e. The highest BCUT2D eigenvalue weighted by Gasteiger charge is 2.16. The van der Waals surface area contributed by atoms with E-state index in [9.17, 15) is 14.0 Å². The number of benzene rings is 2. The first kappa shape index (κ1) is 19.5. The Labute approximate surface area is 174 Å². The summed E-state index contributed by atoms with van der Waals surface area (Å²) >= 11 is 6.03. The van der Waals surface area contributed by atoms with Gasteiger partial charge in [-0.05, 0) is 30.3 Å². The molecular formula is C20H14ClFN6O2. The van der Waals surface area contributed by atoms with Crippen molar-refractivity contribution >= 4 is 34.2 Å². The lowest BCUT2D eigenvalue weighted by molar-refractivity contribution is 0.0952. The zero-order chi connectivity index (χ0) is 21.1. The Morgan fingerprint density at radius 1 is 1.07 bits per heavy atom.